The maximum Gasteiger partial charge on any atom is 0.0734 e. The molecule has 0 aromatic heterocycles. The molecule has 2 saturated carbocycles. The molecule has 5 atom stereocenters. The van der Waals surface area contributed by atoms with Gasteiger partial charge in [0.15, 0.2) is 0 Å². The molecular formula is C14H22O. The summed E-state index contributed by atoms with van der Waals surface area (Å²) >= 11 is 0. The first-order valence-corrected chi connectivity index (χ1v) is 6.55. The average molecular weight is 206 g/mol. The van der Waals surface area contributed by atoms with Gasteiger partial charge >= 0.3 is 0 Å². The van der Waals surface area contributed by atoms with E-state index >= 15 is 0 Å². The van der Waals surface area contributed by atoms with Crippen molar-refractivity contribution in [2.45, 2.75) is 58.2 Å². The van der Waals surface area contributed by atoms with Crippen molar-refractivity contribution >= 4 is 0 Å². The normalized spacial score (nSPS) is 49.5. The van der Waals surface area contributed by atoms with E-state index in [4.69, 9.17) is 4.74 Å². The third-order valence-electron chi connectivity index (χ3n) is 4.70. The Morgan fingerprint density at radius 2 is 2.13 bits per heavy atom. The second-order valence-corrected chi connectivity index (χ2v) is 5.94. The standard InChI is InChI=1S/C14H22O/c1-9-5-10(2)15-14(6-9)13-8-11-3-4-12(13)7-11/h5,10-14H,3-4,6-8H2,1-2H3. The Balaban J connectivity index is 1.71. The van der Waals surface area contributed by atoms with Gasteiger partial charge in [0.2, 0.25) is 0 Å². The first-order chi connectivity index (χ1) is 7.22. The molecule has 2 fully saturated rings. The molecule has 0 radical (unpaired) electrons. The van der Waals surface area contributed by atoms with Gasteiger partial charge in [-0.1, -0.05) is 18.1 Å². The Morgan fingerprint density at radius 1 is 1.27 bits per heavy atom. The van der Waals surface area contributed by atoms with Crippen molar-refractivity contribution in [3.8, 4) is 0 Å². The van der Waals surface area contributed by atoms with Crippen LogP contribution in [0.4, 0.5) is 0 Å². The average Bonchev–Trinajstić information content (AvgIpc) is 2.76. The second-order valence-electron chi connectivity index (χ2n) is 5.94. The molecule has 1 heteroatoms. The van der Waals surface area contributed by atoms with Gasteiger partial charge in [0.25, 0.3) is 0 Å². The van der Waals surface area contributed by atoms with Crippen molar-refractivity contribution in [2.24, 2.45) is 17.8 Å². The molecule has 0 amide bonds. The van der Waals surface area contributed by atoms with Crippen LogP contribution in [0.2, 0.25) is 0 Å². The van der Waals surface area contributed by atoms with Crippen molar-refractivity contribution in [1.82, 2.24) is 0 Å². The third kappa shape index (κ3) is 1.75. The Bertz CT molecular complexity index is 281. The highest BCUT2D eigenvalue weighted by Crippen LogP contribution is 2.51. The van der Waals surface area contributed by atoms with Gasteiger partial charge in [-0.3, -0.25) is 0 Å². The van der Waals surface area contributed by atoms with Gasteiger partial charge in [0.1, 0.15) is 0 Å². The SMILES string of the molecule is CC1=CC(C)OC(C2CC3CCC2C3)C1. The minimum absolute atomic E-state index is 0.350. The first-order valence-electron chi connectivity index (χ1n) is 6.55. The summed E-state index contributed by atoms with van der Waals surface area (Å²) in [5.41, 5.74) is 1.54. The van der Waals surface area contributed by atoms with Crippen LogP contribution in [0.15, 0.2) is 11.6 Å². The summed E-state index contributed by atoms with van der Waals surface area (Å²) < 4.78 is 6.12. The minimum Gasteiger partial charge on any atom is -0.371 e. The molecule has 5 unspecified atom stereocenters. The van der Waals surface area contributed by atoms with Crippen LogP contribution in [0, 0.1) is 17.8 Å². The second kappa shape index (κ2) is 3.62. The van der Waals surface area contributed by atoms with Crippen LogP contribution >= 0.6 is 0 Å². The highest BCUT2D eigenvalue weighted by Gasteiger charge is 2.44. The molecule has 0 aromatic carbocycles. The van der Waals surface area contributed by atoms with Crippen molar-refractivity contribution in [3.63, 3.8) is 0 Å². The summed E-state index contributed by atoms with van der Waals surface area (Å²) in [6.45, 7) is 4.45. The number of rotatable bonds is 1. The molecule has 1 heterocycles. The minimum atomic E-state index is 0.350. The fraction of sp³-hybridized carbons (Fsp3) is 0.857. The molecule has 1 nitrogen and oxygen atoms in total. The molecule has 15 heavy (non-hydrogen) atoms. The zero-order valence-corrected chi connectivity index (χ0v) is 9.91. The topological polar surface area (TPSA) is 9.23 Å². The third-order valence-corrected chi connectivity index (χ3v) is 4.70. The van der Waals surface area contributed by atoms with E-state index in [0.29, 0.717) is 12.2 Å². The molecular weight excluding hydrogens is 184 g/mol. The Kier molecular flexibility index (Phi) is 2.39. The zero-order chi connectivity index (χ0) is 10.4. The number of fused-ring (bicyclic) bond motifs is 2. The van der Waals surface area contributed by atoms with E-state index in [0.717, 1.165) is 17.8 Å². The summed E-state index contributed by atoms with van der Waals surface area (Å²) in [5, 5.41) is 0. The largest absolute Gasteiger partial charge is 0.371 e. The van der Waals surface area contributed by atoms with E-state index in [1.54, 1.807) is 5.57 Å². The van der Waals surface area contributed by atoms with E-state index < -0.39 is 0 Å². The number of hydrogen-bond acceptors (Lipinski definition) is 1. The van der Waals surface area contributed by atoms with Gasteiger partial charge in [0.05, 0.1) is 12.2 Å². The van der Waals surface area contributed by atoms with Gasteiger partial charge in [-0.2, -0.15) is 0 Å². The van der Waals surface area contributed by atoms with Crippen molar-refractivity contribution in [2.75, 3.05) is 0 Å². The summed E-state index contributed by atoms with van der Waals surface area (Å²) in [6.07, 6.45) is 10.3. The highest BCUT2D eigenvalue weighted by atomic mass is 16.5. The van der Waals surface area contributed by atoms with Crippen LogP contribution < -0.4 is 0 Å². The number of ether oxygens (including phenoxy) is 1. The molecule has 2 bridgehead atoms. The maximum atomic E-state index is 6.12. The smallest absolute Gasteiger partial charge is 0.0734 e. The quantitative estimate of drug-likeness (QED) is 0.596. The van der Waals surface area contributed by atoms with Crippen LogP contribution in [0.25, 0.3) is 0 Å². The molecule has 1 aliphatic heterocycles. The predicted octanol–water partition coefficient (Wildman–Crippen LogP) is 3.55. The molecule has 3 rings (SSSR count). The van der Waals surface area contributed by atoms with E-state index in [1.807, 2.05) is 0 Å². The lowest BCUT2D eigenvalue weighted by atomic mass is 9.81. The zero-order valence-electron chi connectivity index (χ0n) is 9.91. The fourth-order valence-electron chi connectivity index (χ4n) is 4.15. The van der Waals surface area contributed by atoms with Crippen LogP contribution in [0.5, 0.6) is 0 Å². The Morgan fingerprint density at radius 3 is 2.73 bits per heavy atom. The molecule has 0 aromatic rings. The lowest BCUT2D eigenvalue weighted by Gasteiger charge is -2.35. The summed E-state index contributed by atoms with van der Waals surface area (Å²) in [5.74, 6) is 2.93. The van der Waals surface area contributed by atoms with Gasteiger partial charge in [-0.05, 0) is 57.3 Å². The van der Waals surface area contributed by atoms with Crippen LogP contribution in [0.1, 0.15) is 46.0 Å². The Hall–Kier alpha value is -0.300. The van der Waals surface area contributed by atoms with E-state index in [-0.39, 0.29) is 0 Å². The first kappa shape index (κ1) is 9.89. The molecule has 0 N–H and O–H groups in total. The monoisotopic (exact) mass is 206 g/mol. The highest BCUT2D eigenvalue weighted by molar-refractivity contribution is 5.09. The fourth-order valence-corrected chi connectivity index (χ4v) is 4.15. The molecule has 0 saturated heterocycles. The van der Waals surface area contributed by atoms with Crippen molar-refractivity contribution < 1.29 is 4.74 Å². The predicted molar refractivity (Wildman–Crippen MR) is 61.6 cm³/mol. The van der Waals surface area contributed by atoms with E-state index in [1.165, 1.54) is 32.1 Å². The van der Waals surface area contributed by atoms with Crippen LogP contribution in [-0.2, 0) is 4.74 Å². The lowest BCUT2D eigenvalue weighted by molar-refractivity contribution is -0.0372. The van der Waals surface area contributed by atoms with Gasteiger partial charge < -0.3 is 4.74 Å². The summed E-state index contributed by atoms with van der Waals surface area (Å²) in [6, 6.07) is 0. The maximum absolute atomic E-state index is 6.12. The molecule has 84 valence electrons. The van der Waals surface area contributed by atoms with Crippen LogP contribution in [0.3, 0.4) is 0 Å². The van der Waals surface area contributed by atoms with Crippen molar-refractivity contribution in [3.05, 3.63) is 11.6 Å². The van der Waals surface area contributed by atoms with Crippen LogP contribution in [-0.4, -0.2) is 12.2 Å². The molecule has 2 aliphatic carbocycles. The van der Waals surface area contributed by atoms with E-state index in [2.05, 4.69) is 19.9 Å². The number of hydrogen-bond donors (Lipinski definition) is 0. The lowest BCUT2D eigenvalue weighted by Crippen LogP contribution is -2.33. The molecule has 0 spiro atoms. The van der Waals surface area contributed by atoms with Crippen molar-refractivity contribution in [1.29, 1.82) is 0 Å². The summed E-state index contributed by atoms with van der Waals surface area (Å²) in [4.78, 5) is 0. The van der Waals surface area contributed by atoms with Gasteiger partial charge in [0, 0.05) is 0 Å². The Labute approximate surface area is 92.9 Å². The molecule has 3 aliphatic rings. The van der Waals surface area contributed by atoms with E-state index in [9.17, 15) is 0 Å². The van der Waals surface area contributed by atoms with Gasteiger partial charge in [-0.15, -0.1) is 0 Å². The summed E-state index contributed by atoms with van der Waals surface area (Å²) in [7, 11) is 0. The van der Waals surface area contributed by atoms with Gasteiger partial charge in [-0.25, -0.2) is 0 Å².